The van der Waals surface area contributed by atoms with E-state index in [2.05, 4.69) is 34.7 Å². The molecule has 6 nitrogen and oxygen atoms in total. The average molecular weight is 369 g/mol. The largest absolute Gasteiger partial charge is 0.497 e. The second-order valence-corrected chi connectivity index (χ2v) is 6.20. The van der Waals surface area contributed by atoms with Gasteiger partial charge < -0.3 is 24.8 Å². The first-order valence-corrected chi connectivity index (χ1v) is 9.36. The van der Waals surface area contributed by atoms with Crippen LogP contribution in [0.3, 0.4) is 0 Å². The van der Waals surface area contributed by atoms with Crippen LogP contribution in [0.5, 0.6) is 17.2 Å². The summed E-state index contributed by atoms with van der Waals surface area (Å²) < 4.78 is 16.6. The van der Waals surface area contributed by atoms with Crippen molar-refractivity contribution in [3.8, 4) is 17.2 Å². The summed E-state index contributed by atoms with van der Waals surface area (Å²) in [6, 6.07) is 13.9. The van der Waals surface area contributed by atoms with Crippen LogP contribution in [0, 0.1) is 0 Å². The number of fused-ring (bicyclic) bond motifs is 1. The highest BCUT2D eigenvalue weighted by molar-refractivity contribution is 5.93. The van der Waals surface area contributed by atoms with Crippen LogP contribution in [0.15, 0.2) is 47.5 Å². The molecule has 6 heteroatoms. The Kier molecular flexibility index (Phi) is 6.79. The Morgan fingerprint density at radius 2 is 1.85 bits per heavy atom. The van der Waals surface area contributed by atoms with Crippen LogP contribution >= 0.6 is 0 Å². The Morgan fingerprint density at radius 3 is 2.59 bits per heavy atom. The number of methoxy groups -OCH3 is 1. The van der Waals surface area contributed by atoms with Crippen LogP contribution in [0.1, 0.15) is 18.9 Å². The highest BCUT2D eigenvalue weighted by Gasteiger charge is 2.11. The first-order valence-electron chi connectivity index (χ1n) is 9.36. The van der Waals surface area contributed by atoms with E-state index in [0.717, 1.165) is 48.3 Å². The van der Waals surface area contributed by atoms with Crippen molar-refractivity contribution in [2.24, 2.45) is 4.99 Å². The van der Waals surface area contributed by atoms with Gasteiger partial charge in [-0.05, 0) is 43.2 Å². The van der Waals surface area contributed by atoms with E-state index in [1.165, 1.54) is 5.56 Å². The maximum Gasteiger partial charge on any atom is 0.195 e. The number of hydrogen-bond donors (Lipinski definition) is 2. The van der Waals surface area contributed by atoms with E-state index in [1.54, 1.807) is 7.11 Å². The van der Waals surface area contributed by atoms with Gasteiger partial charge in [0.25, 0.3) is 0 Å². The smallest absolute Gasteiger partial charge is 0.195 e. The van der Waals surface area contributed by atoms with Crippen molar-refractivity contribution in [3.05, 3.63) is 48.0 Å². The summed E-state index contributed by atoms with van der Waals surface area (Å²) in [4.78, 5) is 4.67. The predicted octanol–water partition coefficient (Wildman–Crippen LogP) is 3.48. The minimum absolute atomic E-state index is 0.673. The zero-order chi connectivity index (χ0) is 18.9. The maximum absolute atomic E-state index is 5.75. The van der Waals surface area contributed by atoms with Crippen molar-refractivity contribution < 1.29 is 14.2 Å². The van der Waals surface area contributed by atoms with Gasteiger partial charge in [0.05, 0.1) is 20.3 Å². The minimum Gasteiger partial charge on any atom is -0.497 e. The number of benzene rings is 2. The van der Waals surface area contributed by atoms with Gasteiger partial charge in [-0.3, -0.25) is 4.99 Å². The molecule has 0 radical (unpaired) electrons. The van der Waals surface area contributed by atoms with Gasteiger partial charge in [-0.2, -0.15) is 0 Å². The number of aliphatic imine (C=N–C) groups is 1. The van der Waals surface area contributed by atoms with E-state index in [9.17, 15) is 0 Å². The first kappa shape index (κ1) is 18.9. The van der Waals surface area contributed by atoms with Crippen molar-refractivity contribution >= 4 is 11.6 Å². The molecule has 0 unspecified atom stereocenters. The standard InChI is InChI=1S/C21H27N3O3/c1-3-22-21(23-12-11-16-5-8-18(25-2)9-6-16)24-17-7-10-19-20(15-17)27-14-4-13-26-19/h5-10,15H,3-4,11-14H2,1-2H3,(H2,22,23,24). The molecule has 1 aliphatic rings. The van der Waals surface area contributed by atoms with Crippen LogP contribution in [-0.2, 0) is 6.42 Å². The Morgan fingerprint density at radius 1 is 1.07 bits per heavy atom. The van der Waals surface area contributed by atoms with Crippen LogP contribution in [-0.4, -0.2) is 39.4 Å². The fraction of sp³-hybridized carbons (Fsp3) is 0.381. The fourth-order valence-electron chi connectivity index (χ4n) is 2.77. The second-order valence-electron chi connectivity index (χ2n) is 6.20. The summed E-state index contributed by atoms with van der Waals surface area (Å²) in [5.74, 6) is 3.18. The van der Waals surface area contributed by atoms with E-state index >= 15 is 0 Å². The number of nitrogens with one attached hydrogen (secondary N) is 2. The highest BCUT2D eigenvalue weighted by Crippen LogP contribution is 2.32. The second kappa shape index (κ2) is 9.71. The maximum atomic E-state index is 5.75. The number of anilines is 1. The Bertz CT molecular complexity index is 760. The normalized spacial score (nSPS) is 13.6. The number of guanidine groups is 1. The first-order chi connectivity index (χ1) is 13.3. The molecule has 0 spiro atoms. The van der Waals surface area contributed by atoms with E-state index < -0.39 is 0 Å². The predicted molar refractivity (Wildman–Crippen MR) is 108 cm³/mol. The molecule has 3 rings (SSSR count). The van der Waals surface area contributed by atoms with Crippen molar-refractivity contribution in [1.29, 1.82) is 0 Å². The van der Waals surface area contributed by atoms with Crippen molar-refractivity contribution in [2.45, 2.75) is 19.8 Å². The third-order valence-corrected chi connectivity index (χ3v) is 4.18. The molecule has 0 fully saturated rings. The lowest BCUT2D eigenvalue weighted by Gasteiger charge is -2.13. The van der Waals surface area contributed by atoms with E-state index in [1.807, 2.05) is 30.3 Å². The van der Waals surface area contributed by atoms with Gasteiger partial charge in [-0.25, -0.2) is 0 Å². The van der Waals surface area contributed by atoms with E-state index in [0.29, 0.717) is 19.8 Å². The molecule has 2 aromatic rings. The van der Waals surface area contributed by atoms with Gasteiger partial charge in [0.15, 0.2) is 17.5 Å². The molecule has 2 N–H and O–H groups in total. The van der Waals surface area contributed by atoms with Crippen molar-refractivity contribution in [2.75, 3.05) is 38.7 Å². The molecule has 0 saturated heterocycles. The van der Waals surface area contributed by atoms with Gasteiger partial charge in [0.1, 0.15) is 5.75 Å². The van der Waals surface area contributed by atoms with Gasteiger partial charge in [-0.1, -0.05) is 12.1 Å². The third-order valence-electron chi connectivity index (χ3n) is 4.18. The quantitative estimate of drug-likeness (QED) is 0.603. The summed E-state index contributed by atoms with van der Waals surface area (Å²) in [7, 11) is 1.67. The molecule has 0 aromatic heterocycles. The Labute approximate surface area is 160 Å². The SMILES string of the molecule is CCNC(=NCCc1ccc(OC)cc1)Nc1ccc2c(c1)OCCCO2. The summed E-state index contributed by atoms with van der Waals surface area (Å²) >= 11 is 0. The van der Waals surface area contributed by atoms with Gasteiger partial charge in [0.2, 0.25) is 0 Å². The molecular weight excluding hydrogens is 342 g/mol. The molecule has 0 aliphatic carbocycles. The molecule has 144 valence electrons. The Balaban J connectivity index is 1.62. The summed E-state index contributed by atoms with van der Waals surface area (Å²) in [5.41, 5.74) is 2.15. The summed E-state index contributed by atoms with van der Waals surface area (Å²) in [5, 5.41) is 6.61. The van der Waals surface area contributed by atoms with Crippen molar-refractivity contribution in [1.82, 2.24) is 5.32 Å². The number of hydrogen-bond acceptors (Lipinski definition) is 4. The van der Waals surface area contributed by atoms with Gasteiger partial charge >= 0.3 is 0 Å². The third kappa shape index (κ3) is 5.54. The average Bonchev–Trinajstić information content (AvgIpc) is 2.93. The molecule has 1 heterocycles. The van der Waals surface area contributed by atoms with E-state index in [-0.39, 0.29) is 0 Å². The summed E-state index contributed by atoms with van der Waals surface area (Å²) in [6.45, 7) is 4.89. The van der Waals surface area contributed by atoms with Gasteiger partial charge in [-0.15, -0.1) is 0 Å². The molecule has 0 saturated carbocycles. The number of ether oxygens (including phenoxy) is 3. The molecule has 2 aromatic carbocycles. The molecule has 27 heavy (non-hydrogen) atoms. The lowest BCUT2D eigenvalue weighted by Crippen LogP contribution is -2.30. The molecule has 0 amide bonds. The zero-order valence-electron chi connectivity index (χ0n) is 16.0. The molecular formula is C21H27N3O3. The van der Waals surface area contributed by atoms with Gasteiger partial charge in [0, 0.05) is 31.3 Å². The number of nitrogens with zero attached hydrogens (tertiary/aromatic N) is 1. The Hall–Kier alpha value is -2.89. The van der Waals surface area contributed by atoms with E-state index in [4.69, 9.17) is 14.2 Å². The van der Waals surface area contributed by atoms with Crippen LogP contribution in [0.4, 0.5) is 5.69 Å². The monoisotopic (exact) mass is 369 g/mol. The lowest BCUT2D eigenvalue weighted by molar-refractivity contribution is 0.297. The van der Waals surface area contributed by atoms with Crippen LogP contribution < -0.4 is 24.8 Å². The topological polar surface area (TPSA) is 64.1 Å². The number of rotatable bonds is 6. The minimum atomic E-state index is 0.673. The van der Waals surface area contributed by atoms with Crippen LogP contribution in [0.25, 0.3) is 0 Å². The highest BCUT2D eigenvalue weighted by atomic mass is 16.5. The fourth-order valence-corrected chi connectivity index (χ4v) is 2.77. The van der Waals surface area contributed by atoms with Crippen LogP contribution in [0.2, 0.25) is 0 Å². The summed E-state index contributed by atoms with van der Waals surface area (Å²) in [6.07, 6.45) is 1.76. The zero-order valence-corrected chi connectivity index (χ0v) is 16.0. The van der Waals surface area contributed by atoms with Crippen molar-refractivity contribution in [3.63, 3.8) is 0 Å². The lowest BCUT2D eigenvalue weighted by atomic mass is 10.1. The molecule has 0 atom stereocenters. The molecule has 0 bridgehead atoms. The molecule has 1 aliphatic heterocycles.